The van der Waals surface area contributed by atoms with E-state index in [2.05, 4.69) is 37.6 Å². The molecule has 0 amide bonds. The predicted octanol–water partition coefficient (Wildman–Crippen LogP) is 2.26. The van der Waals surface area contributed by atoms with Crippen molar-refractivity contribution in [2.75, 3.05) is 19.6 Å². The summed E-state index contributed by atoms with van der Waals surface area (Å²) in [4.78, 5) is 8.10. The molecule has 2 N–H and O–H groups in total. The Hall–Kier alpha value is -0.450. The summed E-state index contributed by atoms with van der Waals surface area (Å²) < 4.78 is 0. The van der Waals surface area contributed by atoms with Crippen LogP contribution >= 0.6 is 11.3 Å². The maximum atomic E-state index is 5.78. The molecule has 0 aliphatic carbocycles. The first-order chi connectivity index (χ1) is 7.48. The molecule has 0 saturated heterocycles. The summed E-state index contributed by atoms with van der Waals surface area (Å²) in [6.45, 7) is 12.5. The van der Waals surface area contributed by atoms with Crippen molar-refractivity contribution in [1.82, 2.24) is 9.88 Å². The monoisotopic (exact) mass is 241 g/mol. The normalized spacial score (nSPS) is 12.4. The van der Waals surface area contributed by atoms with Crippen LogP contribution in [0, 0.1) is 12.3 Å². The fourth-order valence-electron chi connectivity index (χ4n) is 1.63. The third kappa shape index (κ3) is 3.85. The van der Waals surface area contributed by atoms with E-state index in [0.29, 0.717) is 0 Å². The minimum Gasteiger partial charge on any atom is -0.330 e. The molecule has 3 nitrogen and oxygen atoms in total. The zero-order valence-electron chi connectivity index (χ0n) is 10.8. The molecule has 0 spiro atoms. The van der Waals surface area contributed by atoms with Crippen LogP contribution in [0.3, 0.4) is 0 Å². The lowest BCUT2D eigenvalue weighted by Gasteiger charge is -2.30. The topological polar surface area (TPSA) is 42.2 Å². The lowest BCUT2D eigenvalue weighted by atomic mass is 9.93. The van der Waals surface area contributed by atoms with Crippen LogP contribution in [0.4, 0.5) is 0 Å². The van der Waals surface area contributed by atoms with E-state index < -0.39 is 0 Å². The maximum Gasteiger partial charge on any atom is 0.0798 e. The highest BCUT2D eigenvalue weighted by atomic mass is 32.1. The Bertz CT molecular complexity index is 320. The first kappa shape index (κ1) is 13.6. The third-order valence-electron chi connectivity index (χ3n) is 2.86. The fourth-order valence-corrected chi connectivity index (χ4v) is 2.45. The van der Waals surface area contributed by atoms with Crippen LogP contribution in [0.1, 0.15) is 31.3 Å². The minimum atomic E-state index is 0.189. The van der Waals surface area contributed by atoms with E-state index in [-0.39, 0.29) is 5.41 Å². The fraction of sp³-hybridized carbons (Fsp3) is 0.750. The van der Waals surface area contributed by atoms with Crippen molar-refractivity contribution in [3.63, 3.8) is 0 Å². The number of aromatic nitrogens is 1. The SMILES string of the molecule is CCN(Cc1scnc1C)CC(C)(C)CN. The molecule has 1 rings (SSSR count). The molecule has 0 bridgehead atoms. The summed E-state index contributed by atoms with van der Waals surface area (Å²) in [5.74, 6) is 0. The first-order valence-electron chi connectivity index (χ1n) is 5.80. The molecule has 0 radical (unpaired) electrons. The van der Waals surface area contributed by atoms with E-state index >= 15 is 0 Å². The molecule has 92 valence electrons. The van der Waals surface area contributed by atoms with Crippen molar-refractivity contribution in [2.45, 2.75) is 34.2 Å². The van der Waals surface area contributed by atoms with Gasteiger partial charge in [-0.15, -0.1) is 11.3 Å². The number of hydrogen-bond donors (Lipinski definition) is 1. The Morgan fingerprint density at radius 3 is 2.62 bits per heavy atom. The standard InChI is InChI=1S/C12H23N3S/c1-5-15(8-12(3,4)7-13)6-11-10(2)14-9-16-11/h9H,5-8,13H2,1-4H3. The van der Waals surface area contributed by atoms with E-state index in [4.69, 9.17) is 5.73 Å². The van der Waals surface area contributed by atoms with Crippen LogP contribution in [0.15, 0.2) is 5.51 Å². The maximum absolute atomic E-state index is 5.78. The van der Waals surface area contributed by atoms with E-state index in [0.717, 1.165) is 31.9 Å². The van der Waals surface area contributed by atoms with Gasteiger partial charge >= 0.3 is 0 Å². The average Bonchev–Trinajstić information content (AvgIpc) is 2.63. The van der Waals surface area contributed by atoms with Gasteiger partial charge in [-0.05, 0) is 25.4 Å². The van der Waals surface area contributed by atoms with Gasteiger partial charge in [0.15, 0.2) is 0 Å². The second-order valence-corrected chi connectivity index (χ2v) is 5.97. The molecular weight excluding hydrogens is 218 g/mol. The molecule has 0 aliphatic heterocycles. The highest BCUT2D eigenvalue weighted by molar-refractivity contribution is 7.09. The second kappa shape index (κ2) is 5.75. The summed E-state index contributed by atoms with van der Waals surface area (Å²) in [6, 6.07) is 0. The predicted molar refractivity (Wildman–Crippen MR) is 70.6 cm³/mol. The molecular formula is C12H23N3S. The zero-order valence-corrected chi connectivity index (χ0v) is 11.6. The zero-order chi connectivity index (χ0) is 12.2. The molecule has 0 atom stereocenters. The van der Waals surface area contributed by atoms with Gasteiger partial charge in [-0.3, -0.25) is 4.90 Å². The highest BCUT2D eigenvalue weighted by Crippen LogP contribution is 2.19. The van der Waals surface area contributed by atoms with Crippen LogP contribution in [0.25, 0.3) is 0 Å². The number of aryl methyl sites for hydroxylation is 1. The van der Waals surface area contributed by atoms with Gasteiger partial charge in [0.1, 0.15) is 0 Å². The van der Waals surface area contributed by atoms with E-state index in [1.165, 1.54) is 4.88 Å². The van der Waals surface area contributed by atoms with Gasteiger partial charge in [0.2, 0.25) is 0 Å². The Balaban J connectivity index is 2.59. The van der Waals surface area contributed by atoms with E-state index in [9.17, 15) is 0 Å². The molecule has 0 unspecified atom stereocenters. The smallest absolute Gasteiger partial charge is 0.0798 e. The summed E-state index contributed by atoms with van der Waals surface area (Å²) in [7, 11) is 0. The number of nitrogens with two attached hydrogens (primary N) is 1. The van der Waals surface area contributed by atoms with Crippen molar-refractivity contribution in [1.29, 1.82) is 0 Å². The molecule has 16 heavy (non-hydrogen) atoms. The number of hydrogen-bond acceptors (Lipinski definition) is 4. The van der Waals surface area contributed by atoms with Crippen LogP contribution < -0.4 is 5.73 Å². The molecule has 4 heteroatoms. The first-order valence-corrected chi connectivity index (χ1v) is 6.68. The Morgan fingerprint density at radius 1 is 1.50 bits per heavy atom. The quantitative estimate of drug-likeness (QED) is 0.830. The molecule has 1 heterocycles. The van der Waals surface area contributed by atoms with Crippen molar-refractivity contribution >= 4 is 11.3 Å². The van der Waals surface area contributed by atoms with Gasteiger partial charge in [0.05, 0.1) is 11.2 Å². The molecule has 1 aromatic heterocycles. The summed E-state index contributed by atoms with van der Waals surface area (Å²) in [5, 5.41) is 0. The Labute approximate surface area is 103 Å². The van der Waals surface area contributed by atoms with E-state index in [1.807, 2.05) is 5.51 Å². The lowest BCUT2D eigenvalue weighted by molar-refractivity contribution is 0.184. The van der Waals surface area contributed by atoms with Gasteiger partial charge in [-0.1, -0.05) is 20.8 Å². The van der Waals surface area contributed by atoms with Gasteiger partial charge in [-0.25, -0.2) is 4.98 Å². The summed E-state index contributed by atoms with van der Waals surface area (Å²) in [5.41, 5.74) is 9.05. The molecule has 0 fully saturated rings. The van der Waals surface area contributed by atoms with Crippen molar-refractivity contribution < 1.29 is 0 Å². The van der Waals surface area contributed by atoms with Gasteiger partial charge < -0.3 is 5.73 Å². The lowest BCUT2D eigenvalue weighted by Crippen LogP contribution is -2.38. The summed E-state index contributed by atoms with van der Waals surface area (Å²) >= 11 is 1.74. The van der Waals surface area contributed by atoms with Crippen molar-refractivity contribution in [3.05, 3.63) is 16.1 Å². The molecule has 0 saturated carbocycles. The third-order valence-corrected chi connectivity index (χ3v) is 3.78. The largest absolute Gasteiger partial charge is 0.330 e. The number of nitrogens with zero attached hydrogens (tertiary/aromatic N) is 2. The highest BCUT2D eigenvalue weighted by Gasteiger charge is 2.20. The number of thiazole rings is 1. The van der Waals surface area contributed by atoms with Crippen LogP contribution in [-0.2, 0) is 6.54 Å². The second-order valence-electron chi connectivity index (χ2n) is 5.03. The van der Waals surface area contributed by atoms with Crippen molar-refractivity contribution in [3.8, 4) is 0 Å². The molecule has 0 aromatic carbocycles. The van der Waals surface area contributed by atoms with Gasteiger partial charge in [-0.2, -0.15) is 0 Å². The Kier molecular flexibility index (Phi) is 4.89. The average molecular weight is 241 g/mol. The van der Waals surface area contributed by atoms with Crippen LogP contribution in [-0.4, -0.2) is 29.5 Å². The van der Waals surface area contributed by atoms with Crippen LogP contribution in [0.2, 0.25) is 0 Å². The van der Waals surface area contributed by atoms with E-state index in [1.54, 1.807) is 11.3 Å². The summed E-state index contributed by atoms with van der Waals surface area (Å²) in [6.07, 6.45) is 0. The van der Waals surface area contributed by atoms with Gasteiger partial charge in [0, 0.05) is 18.0 Å². The van der Waals surface area contributed by atoms with Crippen molar-refractivity contribution in [2.24, 2.45) is 11.1 Å². The van der Waals surface area contributed by atoms with Crippen LogP contribution in [0.5, 0.6) is 0 Å². The van der Waals surface area contributed by atoms with Gasteiger partial charge in [0.25, 0.3) is 0 Å². The Morgan fingerprint density at radius 2 is 2.19 bits per heavy atom. The molecule has 1 aromatic rings. The molecule has 0 aliphatic rings. The number of rotatable bonds is 6. The minimum absolute atomic E-state index is 0.189.